The summed E-state index contributed by atoms with van der Waals surface area (Å²) in [5.74, 6) is 0.256. The van der Waals surface area contributed by atoms with Crippen molar-refractivity contribution in [2.24, 2.45) is 0 Å². The van der Waals surface area contributed by atoms with Gasteiger partial charge in [0, 0.05) is 29.5 Å². The zero-order valence-electron chi connectivity index (χ0n) is 18.3. The molecule has 3 aromatic rings. The lowest BCUT2D eigenvalue weighted by Crippen LogP contribution is -2.48. The van der Waals surface area contributed by atoms with Crippen molar-refractivity contribution in [2.45, 2.75) is 38.8 Å². The summed E-state index contributed by atoms with van der Waals surface area (Å²) < 4.78 is 21.3. The highest BCUT2D eigenvalue weighted by molar-refractivity contribution is 6.30. The number of nitrogens with one attached hydrogen (secondary N) is 1. The molecule has 32 heavy (non-hydrogen) atoms. The Labute approximate surface area is 192 Å². The van der Waals surface area contributed by atoms with Gasteiger partial charge in [-0.05, 0) is 62.6 Å². The molecule has 0 bridgehead atoms. The average molecular weight is 457 g/mol. The highest BCUT2D eigenvalue weighted by Crippen LogP contribution is 2.31. The Kier molecular flexibility index (Phi) is 6.37. The van der Waals surface area contributed by atoms with Crippen LogP contribution in [0, 0.1) is 12.7 Å². The molecule has 0 spiro atoms. The maximum atomic E-state index is 13.8. The van der Waals surface area contributed by atoms with Crippen LogP contribution in [-0.4, -0.2) is 40.1 Å². The number of anilines is 1. The lowest BCUT2D eigenvalue weighted by atomic mass is 9.99. The molecule has 1 N–H and O–H groups in total. The van der Waals surface area contributed by atoms with Crippen LogP contribution in [0.25, 0.3) is 5.69 Å². The third-order valence-corrected chi connectivity index (χ3v) is 6.04. The standard InChI is InChI=1S/C24H26ClFN4O2/c1-15-13-29(14-27-15)22-7-6-20(12-23(22)32-3)28-21-5-4-8-30(24(21)31)16(2)17-9-18(25)11-19(26)10-17/h6-7,9-14,16,21,28H,4-5,8H2,1-3H3. The fraction of sp³-hybridized carbons (Fsp3) is 0.333. The van der Waals surface area contributed by atoms with Crippen LogP contribution in [0.1, 0.15) is 37.1 Å². The number of methoxy groups -OCH3 is 1. The topological polar surface area (TPSA) is 59.4 Å². The molecular formula is C24H26ClFN4O2. The molecule has 2 atom stereocenters. The van der Waals surface area contributed by atoms with Crippen molar-refractivity contribution in [3.8, 4) is 11.4 Å². The van der Waals surface area contributed by atoms with Crippen LogP contribution < -0.4 is 10.1 Å². The number of aromatic nitrogens is 2. The summed E-state index contributed by atoms with van der Waals surface area (Å²) in [4.78, 5) is 19.3. The average Bonchev–Trinajstić information content (AvgIpc) is 3.20. The number of imidazole rings is 1. The monoisotopic (exact) mass is 456 g/mol. The molecule has 2 aromatic carbocycles. The second-order valence-corrected chi connectivity index (χ2v) is 8.49. The first-order valence-corrected chi connectivity index (χ1v) is 11.0. The molecule has 2 heterocycles. The number of halogens is 2. The zero-order valence-corrected chi connectivity index (χ0v) is 19.1. The molecule has 0 saturated carbocycles. The number of rotatable bonds is 6. The van der Waals surface area contributed by atoms with Crippen LogP contribution in [0.3, 0.4) is 0 Å². The van der Waals surface area contributed by atoms with Gasteiger partial charge in [0.2, 0.25) is 5.91 Å². The largest absolute Gasteiger partial charge is 0.494 e. The van der Waals surface area contributed by atoms with Crippen molar-refractivity contribution < 1.29 is 13.9 Å². The van der Waals surface area contributed by atoms with Crippen LogP contribution in [0.5, 0.6) is 5.75 Å². The number of amides is 1. The summed E-state index contributed by atoms with van der Waals surface area (Å²) in [7, 11) is 1.62. The molecule has 1 amide bonds. The predicted molar refractivity (Wildman–Crippen MR) is 123 cm³/mol. The van der Waals surface area contributed by atoms with E-state index >= 15 is 0 Å². The van der Waals surface area contributed by atoms with Crippen molar-refractivity contribution in [1.29, 1.82) is 0 Å². The number of carbonyl (C=O) groups excluding carboxylic acids is 1. The minimum absolute atomic E-state index is 0.0163. The molecule has 1 saturated heterocycles. The Hall–Kier alpha value is -3.06. The number of carbonyl (C=O) groups is 1. The first kappa shape index (κ1) is 22.1. The van der Waals surface area contributed by atoms with Crippen LogP contribution in [0.2, 0.25) is 5.02 Å². The molecule has 4 rings (SSSR count). The molecule has 1 aromatic heterocycles. The van der Waals surface area contributed by atoms with E-state index in [-0.39, 0.29) is 18.0 Å². The number of likely N-dealkylation sites (tertiary alicyclic amines) is 1. The maximum absolute atomic E-state index is 13.8. The fourth-order valence-electron chi connectivity index (χ4n) is 4.15. The minimum Gasteiger partial charge on any atom is -0.494 e. The van der Waals surface area contributed by atoms with Crippen LogP contribution in [0.15, 0.2) is 48.9 Å². The second-order valence-electron chi connectivity index (χ2n) is 8.06. The molecule has 1 aliphatic heterocycles. The Morgan fingerprint density at radius 2 is 2.09 bits per heavy atom. The van der Waals surface area contributed by atoms with E-state index in [4.69, 9.17) is 16.3 Å². The van der Waals surface area contributed by atoms with Gasteiger partial charge in [0.05, 0.1) is 30.9 Å². The van der Waals surface area contributed by atoms with Gasteiger partial charge in [-0.2, -0.15) is 0 Å². The third-order valence-electron chi connectivity index (χ3n) is 5.82. The summed E-state index contributed by atoms with van der Waals surface area (Å²) in [6.07, 6.45) is 5.23. The molecule has 2 unspecified atom stereocenters. The summed E-state index contributed by atoms with van der Waals surface area (Å²) >= 11 is 6.02. The van der Waals surface area contributed by atoms with Gasteiger partial charge in [-0.15, -0.1) is 0 Å². The molecule has 8 heteroatoms. The quantitative estimate of drug-likeness (QED) is 0.557. The normalized spacial score (nSPS) is 17.3. The van der Waals surface area contributed by atoms with E-state index in [1.54, 1.807) is 24.4 Å². The Balaban J connectivity index is 1.52. The van der Waals surface area contributed by atoms with Crippen molar-refractivity contribution >= 4 is 23.2 Å². The second kappa shape index (κ2) is 9.20. The number of piperidine rings is 1. The van der Waals surface area contributed by atoms with Crippen molar-refractivity contribution in [2.75, 3.05) is 19.0 Å². The molecule has 0 aliphatic carbocycles. The van der Waals surface area contributed by atoms with Gasteiger partial charge in [0.25, 0.3) is 0 Å². The maximum Gasteiger partial charge on any atom is 0.245 e. The predicted octanol–water partition coefficient (Wildman–Crippen LogP) is 5.15. The van der Waals surface area contributed by atoms with Crippen LogP contribution in [0.4, 0.5) is 10.1 Å². The van der Waals surface area contributed by atoms with E-state index in [2.05, 4.69) is 10.3 Å². The zero-order chi connectivity index (χ0) is 22.8. The Morgan fingerprint density at radius 3 is 2.78 bits per heavy atom. The van der Waals surface area contributed by atoms with E-state index in [0.29, 0.717) is 22.9 Å². The van der Waals surface area contributed by atoms with E-state index in [0.717, 1.165) is 29.9 Å². The molecule has 1 aliphatic rings. The van der Waals surface area contributed by atoms with Gasteiger partial charge in [-0.3, -0.25) is 4.79 Å². The number of hydrogen-bond acceptors (Lipinski definition) is 4. The van der Waals surface area contributed by atoms with E-state index in [1.807, 2.05) is 42.8 Å². The van der Waals surface area contributed by atoms with E-state index in [9.17, 15) is 9.18 Å². The smallest absolute Gasteiger partial charge is 0.245 e. The number of hydrogen-bond donors (Lipinski definition) is 1. The molecule has 0 radical (unpaired) electrons. The highest BCUT2D eigenvalue weighted by Gasteiger charge is 2.32. The summed E-state index contributed by atoms with van der Waals surface area (Å²) in [5.41, 5.74) is 3.26. The first-order valence-electron chi connectivity index (χ1n) is 10.6. The minimum atomic E-state index is -0.404. The van der Waals surface area contributed by atoms with Crippen LogP contribution >= 0.6 is 11.6 Å². The highest BCUT2D eigenvalue weighted by atomic mass is 35.5. The van der Waals surface area contributed by atoms with Crippen molar-refractivity contribution in [3.05, 3.63) is 71.0 Å². The van der Waals surface area contributed by atoms with Gasteiger partial charge in [-0.1, -0.05) is 11.6 Å². The van der Waals surface area contributed by atoms with Crippen molar-refractivity contribution in [1.82, 2.24) is 14.5 Å². The van der Waals surface area contributed by atoms with E-state index in [1.165, 1.54) is 12.1 Å². The Bertz CT molecular complexity index is 1110. The molecule has 1 fully saturated rings. The van der Waals surface area contributed by atoms with Gasteiger partial charge < -0.3 is 19.5 Å². The third kappa shape index (κ3) is 4.58. The number of ether oxygens (including phenoxy) is 1. The van der Waals surface area contributed by atoms with Gasteiger partial charge in [0.1, 0.15) is 17.6 Å². The number of benzene rings is 2. The number of nitrogens with zero attached hydrogens (tertiary/aromatic N) is 3. The van der Waals surface area contributed by atoms with Crippen LogP contribution in [-0.2, 0) is 4.79 Å². The van der Waals surface area contributed by atoms with Crippen molar-refractivity contribution in [3.63, 3.8) is 0 Å². The summed E-state index contributed by atoms with van der Waals surface area (Å²) in [6.45, 7) is 4.45. The van der Waals surface area contributed by atoms with Gasteiger partial charge >= 0.3 is 0 Å². The summed E-state index contributed by atoms with van der Waals surface area (Å²) in [5, 5.41) is 3.68. The van der Waals surface area contributed by atoms with Gasteiger partial charge in [0.15, 0.2) is 0 Å². The lowest BCUT2D eigenvalue weighted by Gasteiger charge is -2.37. The molecule has 168 valence electrons. The van der Waals surface area contributed by atoms with Gasteiger partial charge in [-0.25, -0.2) is 9.37 Å². The van der Waals surface area contributed by atoms with E-state index < -0.39 is 5.82 Å². The summed E-state index contributed by atoms with van der Waals surface area (Å²) in [6, 6.07) is 9.50. The number of aryl methyl sites for hydroxylation is 1. The lowest BCUT2D eigenvalue weighted by molar-refractivity contribution is -0.136. The molecular weight excluding hydrogens is 431 g/mol. The Morgan fingerprint density at radius 1 is 1.28 bits per heavy atom. The first-order chi connectivity index (χ1) is 15.4. The molecule has 6 nitrogen and oxygen atoms in total. The SMILES string of the molecule is COc1cc(NC2CCCN(C(C)c3cc(F)cc(Cl)c3)C2=O)ccc1-n1cnc(C)c1. The fourth-order valence-corrected chi connectivity index (χ4v) is 4.38.